The minimum atomic E-state index is -0.471. The number of para-hydroxylation sites is 1. The van der Waals surface area contributed by atoms with Crippen LogP contribution in [0.15, 0.2) is 60.7 Å². The minimum Gasteiger partial charge on any atom is -0.465 e. The van der Waals surface area contributed by atoms with Crippen LogP contribution >= 0.6 is 0 Å². The summed E-state index contributed by atoms with van der Waals surface area (Å²) in [6.45, 7) is 1.17. The SMILES string of the molecule is COC(=O)c1ccccc1NC(=O)N1CC=C(c2ccccc2)CC1. The number of benzene rings is 2. The van der Waals surface area contributed by atoms with Crippen LogP contribution in [0.25, 0.3) is 5.57 Å². The van der Waals surface area contributed by atoms with Crippen molar-refractivity contribution in [3.8, 4) is 0 Å². The third kappa shape index (κ3) is 3.88. The number of hydrogen-bond donors (Lipinski definition) is 1. The molecule has 0 unspecified atom stereocenters. The van der Waals surface area contributed by atoms with Gasteiger partial charge in [-0.3, -0.25) is 0 Å². The molecule has 0 saturated heterocycles. The zero-order chi connectivity index (χ0) is 17.6. The first-order valence-electron chi connectivity index (χ1n) is 8.17. The maximum atomic E-state index is 12.5. The van der Waals surface area contributed by atoms with E-state index in [4.69, 9.17) is 4.74 Å². The summed E-state index contributed by atoms with van der Waals surface area (Å²) in [6.07, 6.45) is 2.88. The predicted octanol–water partition coefficient (Wildman–Crippen LogP) is 3.79. The molecule has 1 aliphatic rings. The van der Waals surface area contributed by atoms with Gasteiger partial charge in [-0.1, -0.05) is 48.5 Å². The lowest BCUT2D eigenvalue weighted by atomic mass is 10.00. The molecule has 0 bridgehead atoms. The Morgan fingerprint density at radius 1 is 1.04 bits per heavy atom. The van der Waals surface area contributed by atoms with E-state index in [2.05, 4.69) is 23.5 Å². The van der Waals surface area contributed by atoms with Gasteiger partial charge in [-0.25, -0.2) is 9.59 Å². The molecule has 1 aliphatic heterocycles. The Hall–Kier alpha value is -3.08. The Balaban J connectivity index is 1.68. The number of rotatable bonds is 3. The van der Waals surface area contributed by atoms with E-state index in [9.17, 15) is 9.59 Å². The summed E-state index contributed by atoms with van der Waals surface area (Å²) in [5, 5.41) is 2.81. The number of urea groups is 1. The van der Waals surface area contributed by atoms with Gasteiger partial charge < -0.3 is 15.0 Å². The lowest BCUT2D eigenvalue weighted by Gasteiger charge is -2.27. The first-order chi connectivity index (χ1) is 12.2. The van der Waals surface area contributed by atoms with Gasteiger partial charge in [-0.15, -0.1) is 0 Å². The number of amides is 2. The topological polar surface area (TPSA) is 58.6 Å². The standard InChI is InChI=1S/C20H20N2O3/c1-25-19(23)17-9-5-6-10-18(17)21-20(24)22-13-11-16(12-14-22)15-7-3-2-4-8-15/h2-11H,12-14H2,1H3,(H,21,24). The second kappa shape index (κ2) is 7.66. The molecule has 2 aromatic rings. The Kier molecular flexibility index (Phi) is 5.14. The van der Waals surface area contributed by atoms with Crippen LogP contribution in [-0.2, 0) is 4.74 Å². The van der Waals surface area contributed by atoms with Gasteiger partial charge in [0.2, 0.25) is 0 Å². The summed E-state index contributed by atoms with van der Waals surface area (Å²) < 4.78 is 4.75. The van der Waals surface area contributed by atoms with Crippen LogP contribution < -0.4 is 5.32 Å². The molecule has 128 valence electrons. The molecule has 0 spiro atoms. The molecule has 0 aliphatic carbocycles. The summed E-state index contributed by atoms with van der Waals surface area (Å²) in [4.78, 5) is 26.0. The van der Waals surface area contributed by atoms with E-state index < -0.39 is 5.97 Å². The van der Waals surface area contributed by atoms with Crippen molar-refractivity contribution in [2.75, 3.05) is 25.5 Å². The lowest BCUT2D eigenvalue weighted by Crippen LogP contribution is -2.38. The van der Waals surface area contributed by atoms with Gasteiger partial charge in [0.15, 0.2) is 0 Å². The number of carbonyl (C=O) groups excluding carboxylic acids is 2. The van der Waals surface area contributed by atoms with Crippen molar-refractivity contribution in [1.29, 1.82) is 0 Å². The Bertz CT molecular complexity index is 800. The van der Waals surface area contributed by atoms with Crippen LogP contribution in [0, 0.1) is 0 Å². The molecule has 2 amide bonds. The molecule has 5 heteroatoms. The van der Waals surface area contributed by atoms with E-state index in [1.165, 1.54) is 18.2 Å². The highest BCUT2D eigenvalue weighted by atomic mass is 16.5. The van der Waals surface area contributed by atoms with Crippen LogP contribution in [0.1, 0.15) is 22.3 Å². The van der Waals surface area contributed by atoms with Crippen molar-refractivity contribution in [3.05, 3.63) is 71.8 Å². The molecule has 0 radical (unpaired) electrons. The first-order valence-corrected chi connectivity index (χ1v) is 8.17. The number of anilines is 1. The van der Waals surface area contributed by atoms with Gasteiger partial charge in [-0.2, -0.15) is 0 Å². The van der Waals surface area contributed by atoms with Crippen molar-refractivity contribution in [2.45, 2.75) is 6.42 Å². The Morgan fingerprint density at radius 3 is 2.44 bits per heavy atom. The molecule has 3 rings (SSSR count). The third-order valence-electron chi connectivity index (χ3n) is 4.21. The fraction of sp³-hybridized carbons (Fsp3) is 0.200. The molecule has 5 nitrogen and oxygen atoms in total. The van der Waals surface area contributed by atoms with Gasteiger partial charge in [0.05, 0.1) is 18.4 Å². The van der Waals surface area contributed by atoms with Crippen molar-refractivity contribution in [1.82, 2.24) is 4.90 Å². The van der Waals surface area contributed by atoms with Crippen LogP contribution in [-0.4, -0.2) is 37.1 Å². The molecule has 25 heavy (non-hydrogen) atoms. The quantitative estimate of drug-likeness (QED) is 0.868. The highest BCUT2D eigenvalue weighted by molar-refractivity contribution is 6.00. The average molecular weight is 336 g/mol. The summed E-state index contributed by atoms with van der Waals surface area (Å²) in [5.74, 6) is -0.471. The lowest BCUT2D eigenvalue weighted by molar-refractivity contribution is 0.0602. The monoisotopic (exact) mass is 336 g/mol. The molecule has 1 heterocycles. The van der Waals surface area contributed by atoms with Crippen molar-refractivity contribution in [2.24, 2.45) is 0 Å². The summed E-state index contributed by atoms with van der Waals surface area (Å²) in [6, 6.07) is 16.8. The molecular formula is C20H20N2O3. The summed E-state index contributed by atoms with van der Waals surface area (Å²) >= 11 is 0. The highest BCUT2D eigenvalue weighted by Crippen LogP contribution is 2.23. The number of methoxy groups -OCH3 is 1. The Morgan fingerprint density at radius 2 is 1.76 bits per heavy atom. The number of carbonyl (C=O) groups is 2. The molecule has 0 aromatic heterocycles. The molecule has 0 fully saturated rings. The zero-order valence-electron chi connectivity index (χ0n) is 14.1. The third-order valence-corrected chi connectivity index (χ3v) is 4.21. The second-order valence-corrected chi connectivity index (χ2v) is 5.76. The number of hydrogen-bond acceptors (Lipinski definition) is 3. The Labute approximate surface area is 146 Å². The number of nitrogens with zero attached hydrogens (tertiary/aromatic N) is 1. The average Bonchev–Trinajstić information content (AvgIpc) is 2.68. The van der Waals surface area contributed by atoms with E-state index in [0.29, 0.717) is 24.3 Å². The van der Waals surface area contributed by atoms with E-state index in [-0.39, 0.29) is 6.03 Å². The predicted molar refractivity (Wildman–Crippen MR) is 97.4 cm³/mol. The minimum absolute atomic E-state index is 0.222. The maximum Gasteiger partial charge on any atom is 0.339 e. The van der Waals surface area contributed by atoms with Crippen molar-refractivity contribution in [3.63, 3.8) is 0 Å². The van der Waals surface area contributed by atoms with E-state index >= 15 is 0 Å². The van der Waals surface area contributed by atoms with Gasteiger partial charge in [0, 0.05) is 13.1 Å². The number of esters is 1. The molecular weight excluding hydrogens is 316 g/mol. The van der Waals surface area contributed by atoms with Crippen molar-refractivity contribution < 1.29 is 14.3 Å². The molecule has 0 atom stereocenters. The van der Waals surface area contributed by atoms with Crippen LogP contribution in [0.5, 0.6) is 0 Å². The fourth-order valence-electron chi connectivity index (χ4n) is 2.84. The number of nitrogens with one attached hydrogen (secondary N) is 1. The van der Waals surface area contributed by atoms with Gasteiger partial charge in [-0.05, 0) is 29.7 Å². The van der Waals surface area contributed by atoms with Crippen molar-refractivity contribution >= 4 is 23.3 Å². The number of ether oxygens (including phenoxy) is 1. The fourth-order valence-corrected chi connectivity index (χ4v) is 2.84. The second-order valence-electron chi connectivity index (χ2n) is 5.76. The van der Waals surface area contributed by atoms with Gasteiger partial charge in [0.1, 0.15) is 0 Å². The van der Waals surface area contributed by atoms with Crippen LogP contribution in [0.3, 0.4) is 0 Å². The molecule has 2 aromatic carbocycles. The van der Waals surface area contributed by atoms with E-state index in [0.717, 1.165) is 6.42 Å². The summed E-state index contributed by atoms with van der Waals surface area (Å²) in [7, 11) is 1.32. The van der Waals surface area contributed by atoms with Gasteiger partial charge >= 0.3 is 12.0 Å². The van der Waals surface area contributed by atoms with Crippen LogP contribution in [0.2, 0.25) is 0 Å². The largest absolute Gasteiger partial charge is 0.465 e. The smallest absolute Gasteiger partial charge is 0.339 e. The normalized spacial score (nSPS) is 13.8. The zero-order valence-corrected chi connectivity index (χ0v) is 14.1. The summed E-state index contributed by atoms with van der Waals surface area (Å²) in [5.41, 5.74) is 3.24. The van der Waals surface area contributed by atoms with E-state index in [1.807, 2.05) is 18.2 Å². The van der Waals surface area contributed by atoms with Crippen LogP contribution in [0.4, 0.5) is 10.5 Å². The molecule has 1 N–H and O–H groups in total. The first kappa shape index (κ1) is 16.8. The maximum absolute atomic E-state index is 12.5. The highest BCUT2D eigenvalue weighted by Gasteiger charge is 2.20. The van der Waals surface area contributed by atoms with E-state index in [1.54, 1.807) is 29.2 Å². The molecule has 0 saturated carbocycles. The van der Waals surface area contributed by atoms with Gasteiger partial charge in [0.25, 0.3) is 0 Å².